The molecule has 144 valence electrons. The number of halogens is 2. The van der Waals surface area contributed by atoms with Gasteiger partial charge in [0.1, 0.15) is 0 Å². The summed E-state index contributed by atoms with van der Waals surface area (Å²) in [5.41, 5.74) is 2.15. The van der Waals surface area contributed by atoms with E-state index in [1.807, 2.05) is 36.4 Å². The summed E-state index contributed by atoms with van der Waals surface area (Å²) in [6.45, 7) is 6.17. The van der Waals surface area contributed by atoms with Crippen molar-refractivity contribution in [2.24, 2.45) is 0 Å². The number of rotatable bonds is 6. The Morgan fingerprint density at radius 2 is 1.70 bits per heavy atom. The maximum atomic E-state index is 5.98. The van der Waals surface area contributed by atoms with Gasteiger partial charge in [-0.3, -0.25) is 4.90 Å². The Morgan fingerprint density at radius 3 is 2.41 bits per heavy atom. The Balaban J connectivity index is 1.31. The summed E-state index contributed by atoms with van der Waals surface area (Å²) in [5.74, 6) is 0. The molecule has 0 unspecified atom stereocenters. The molecule has 0 spiro atoms. The van der Waals surface area contributed by atoms with E-state index in [1.165, 1.54) is 5.69 Å². The van der Waals surface area contributed by atoms with Crippen molar-refractivity contribution in [2.75, 3.05) is 49.5 Å². The fraction of sp³-hybridized carbons (Fsp3) is 0.350. The van der Waals surface area contributed by atoms with Crippen LogP contribution in [0.4, 0.5) is 11.4 Å². The van der Waals surface area contributed by atoms with E-state index in [4.69, 9.17) is 35.4 Å². The van der Waals surface area contributed by atoms with Gasteiger partial charge in [0.25, 0.3) is 0 Å². The quantitative estimate of drug-likeness (QED) is 0.528. The highest BCUT2D eigenvalue weighted by Crippen LogP contribution is 2.19. The molecule has 3 rings (SSSR count). The van der Waals surface area contributed by atoms with Crippen molar-refractivity contribution in [3.63, 3.8) is 0 Å². The van der Waals surface area contributed by atoms with Crippen molar-refractivity contribution < 1.29 is 0 Å². The molecular weight excluding hydrogens is 399 g/mol. The summed E-state index contributed by atoms with van der Waals surface area (Å²) in [7, 11) is 0. The van der Waals surface area contributed by atoms with Crippen LogP contribution in [0.2, 0.25) is 10.0 Å². The highest BCUT2D eigenvalue weighted by atomic mass is 35.5. The largest absolute Gasteiger partial charge is 0.369 e. The van der Waals surface area contributed by atoms with E-state index in [0.29, 0.717) is 10.1 Å². The zero-order valence-electron chi connectivity index (χ0n) is 15.1. The van der Waals surface area contributed by atoms with Gasteiger partial charge in [-0.05, 0) is 67.6 Å². The fourth-order valence-electron chi connectivity index (χ4n) is 3.13. The van der Waals surface area contributed by atoms with Crippen LogP contribution < -0.4 is 15.5 Å². The summed E-state index contributed by atoms with van der Waals surface area (Å²) in [5, 5.41) is 8.52. The van der Waals surface area contributed by atoms with Crippen LogP contribution >= 0.6 is 35.4 Å². The van der Waals surface area contributed by atoms with Gasteiger partial charge >= 0.3 is 0 Å². The van der Waals surface area contributed by atoms with E-state index in [1.54, 1.807) is 0 Å². The minimum atomic E-state index is 0.629. The molecule has 0 aliphatic carbocycles. The van der Waals surface area contributed by atoms with E-state index in [2.05, 4.69) is 32.6 Å². The van der Waals surface area contributed by atoms with Crippen molar-refractivity contribution in [3.8, 4) is 0 Å². The first-order chi connectivity index (χ1) is 13.1. The fourth-order valence-corrected chi connectivity index (χ4v) is 3.66. The summed E-state index contributed by atoms with van der Waals surface area (Å²) in [6.07, 6.45) is 1.05. The van der Waals surface area contributed by atoms with Gasteiger partial charge in [-0.15, -0.1) is 0 Å². The molecule has 0 amide bonds. The topological polar surface area (TPSA) is 30.5 Å². The lowest BCUT2D eigenvalue weighted by atomic mass is 10.2. The normalized spacial score (nSPS) is 14.8. The summed E-state index contributed by atoms with van der Waals surface area (Å²) in [4.78, 5) is 4.91. The summed E-state index contributed by atoms with van der Waals surface area (Å²) >= 11 is 17.3. The molecule has 2 aromatic carbocycles. The summed E-state index contributed by atoms with van der Waals surface area (Å²) < 4.78 is 0. The average Bonchev–Trinajstić information content (AvgIpc) is 2.66. The van der Waals surface area contributed by atoms with Gasteiger partial charge in [0.15, 0.2) is 5.11 Å². The third-order valence-electron chi connectivity index (χ3n) is 4.58. The Bertz CT molecular complexity index is 746. The highest BCUT2D eigenvalue weighted by Gasteiger charge is 2.16. The second kappa shape index (κ2) is 10.1. The molecule has 0 radical (unpaired) electrons. The molecule has 0 atom stereocenters. The predicted molar refractivity (Wildman–Crippen MR) is 120 cm³/mol. The zero-order valence-corrected chi connectivity index (χ0v) is 17.5. The maximum Gasteiger partial charge on any atom is 0.170 e. The molecule has 1 heterocycles. The molecule has 0 bridgehead atoms. The smallest absolute Gasteiger partial charge is 0.170 e. The van der Waals surface area contributed by atoms with Crippen molar-refractivity contribution in [3.05, 3.63) is 58.6 Å². The van der Waals surface area contributed by atoms with E-state index in [-0.39, 0.29) is 0 Å². The second-order valence-corrected chi connectivity index (χ2v) is 7.83. The molecule has 0 aromatic heterocycles. The Labute approximate surface area is 176 Å². The van der Waals surface area contributed by atoms with Gasteiger partial charge in [0.05, 0.1) is 0 Å². The van der Waals surface area contributed by atoms with Gasteiger partial charge < -0.3 is 15.5 Å². The number of benzene rings is 2. The molecule has 1 aliphatic heterocycles. The van der Waals surface area contributed by atoms with Gasteiger partial charge in [-0.2, -0.15) is 0 Å². The standard InChI is InChI=1S/C20H24Cl2N4S/c21-16-5-7-19(8-6-16)26-13-11-25(12-14-26)10-2-9-23-20(27)24-18-4-1-3-17(22)15-18/h1,3-8,15H,2,9-14H2,(H2,23,24,27). The number of hydrogen-bond donors (Lipinski definition) is 2. The van der Waals surface area contributed by atoms with Crippen LogP contribution in [0.25, 0.3) is 0 Å². The number of thiocarbonyl (C=S) groups is 1. The van der Waals surface area contributed by atoms with Gasteiger partial charge in [0.2, 0.25) is 0 Å². The predicted octanol–water partition coefficient (Wildman–Crippen LogP) is 4.49. The molecule has 4 nitrogen and oxygen atoms in total. The first-order valence-corrected chi connectivity index (χ1v) is 10.3. The van der Waals surface area contributed by atoms with Crippen LogP contribution in [0.3, 0.4) is 0 Å². The molecule has 1 saturated heterocycles. The van der Waals surface area contributed by atoms with Gasteiger partial charge in [-0.25, -0.2) is 0 Å². The SMILES string of the molecule is S=C(NCCCN1CCN(c2ccc(Cl)cc2)CC1)Nc1cccc(Cl)c1. The molecule has 27 heavy (non-hydrogen) atoms. The molecule has 1 fully saturated rings. The van der Waals surface area contributed by atoms with Crippen molar-refractivity contribution in [1.82, 2.24) is 10.2 Å². The van der Waals surface area contributed by atoms with Crippen molar-refractivity contribution in [2.45, 2.75) is 6.42 Å². The summed E-state index contributed by atoms with van der Waals surface area (Å²) in [6, 6.07) is 15.6. The lowest BCUT2D eigenvalue weighted by Crippen LogP contribution is -2.47. The van der Waals surface area contributed by atoms with Crippen LogP contribution in [0.5, 0.6) is 0 Å². The van der Waals surface area contributed by atoms with E-state index >= 15 is 0 Å². The minimum Gasteiger partial charge on any atom is -0.369 e. The van der Waals surface area contributed by atoms with E-state index in [0.717, 1.165) is 56.4 Å². The third kappa shape index (κ3) is 6.54. The maximum absolute atomic E-state index is 5.98. The van der Waals surface area contributed by atoms with Gasteiger partial charge in [-0.1, -0.05) is 29.3 Å². The van der Waals surface area contributed by atoms with Crippen LogP contribution in [-0.2, 0) is 0 Å². The molecule has 0 saturated carbocycles. The van der Waals surface area contributed by atoms with Crippen LogP contribution in [-0.4, -0.2) is 49.3 Å². The monoisotopic (exact) mass is 422 g/mol. The average molecular weight is 423 g/mol. The lowest BCUT2D eigenvalue weighted by Gasteiger charge is -2.36. The first-order valence-electron chi connectivity index (χ1n) is 9.13. The second-order valence-electron chi connectivity index (χ2n) is 6.55. The van der Waals surface area contributed by atoms with Crippen LogP contribution in [0, 0.1) is 0 Å². The number of nitrogens with zero attached hydrogens (tertiary/aromatic N) is 2. The third-order valence-corrected chi connectivity index (χ3v) is 5.32. The Morgan fingerprint density at radius 1 is 0.963 bits per heavy atom. The molecule has 2 aromatic rings. The molecule has 2 N–H and O–H groups in total. The van der Waals surface area contributed by atoms with Crippen molar-refractivity contribution in [1.29, 1.82) is 0 Å². The van der Waals surface area contributed by atoms with Crippen molar-refractivity contribution >= 4 is 51.9 Å². The van der Waals surface area contributed by atoms with Crippen LogP contribution in [0.15, 0.2) is 48.5 Å². The number of anilines is 2. The van der Waals surface area contributed by atoms with E-state index < -0.39 is 0 Å². The van der Waals surface area contributed by atoms with Gasteiger partial charge in [0, 0.05) is 54.1 Å². The first kappa shape index (κ1) is 20.2. The molecular formula is C20H24Cl2N4S. The molecule has 7 heteroatoms. The van der Waals surface area contributed by atoms with Crippen LogP contribution in [0.1, 0.15) is 6.42 Å². The van der Waals surface area contributed by atoms with E-state index in [9.17, 15) is 0 Å². The highest BCUT2D eigenvalue weighted by molar-refractivity contribution is 7.80. The Kier molecular flexibility index (Phi) is 7.59. The molecule has 1 aliphatic rings. The number of nitrogens with one attached hydrogen (secondary N) is 2. The Hall–Kier alpha value is -1.53. The zero-order chi connectivity index (χ0) is 19.1. The number of hydrogen-bond acceptors (Lipinski definition) is 3. The number of piperazine rings is 1. The minimum absolute atomic E-state index is 0.629. The lowest BCUT2D eigenvalue weighted by molar-refractivity contribution is 0.255.